The number of nitrogens with one attached hydrogen (secondary N) is 1. The third-order valence-corrected chi connectivity index (χ3v) is 2.28. The Kier molecular flexibility index (Phi) is 6.59. The molecule has 0 saturated carbocycles. The summed E-state index contributed by atoms with van der Waals surface area (Å²) in [5.74, 6) is 0. The molecule has 0 aromatic carbocycles. The molecule has 0 aromatic rings. The van der Waals surface area contributed by atoms with Crippen molar-refractivity contribution in [3.63, 3.8) is 0 Å². The van der Waals surface area contributed by atoms with Gasteiger partial charge in [0.05, 0.1) is 27.2 Å². The van der Waals surface area contributed by atoms with E-state index in [1.807, 2.05) is 0 Å². The number of carbonyl (C=O) groups is 1. The molecule has 0 unspecified atom stereocenters. The van der Waals surface area contributed by atoms with Gasteiger partial charge in [0.25, 0.3) is 0 Å². The molecule has 0 heterocycles. The minimum absolute atomic E-state index is 0.770. The Bertz CT molecular complexity index is 135. The van der Waals surface area contributed by atoms with Crippen LogP contribution in [0.2, 0.25) is 0 Å². The van der Waals surface area contributed by atoms with Crippen LogP contribution in [0.3, 0.4) is 0 Å². The Morgan fingerprint density at radius 3 is 2.38 bits per heavy atom. The zero-order valence-corrected chi connectivity index (χ0v) is 9.18. The molecule has 1 amide bonds. The van der Waals surface area contributed by atoms with Gasteiger partial charge in [0, 0.05) is 13.0 Å². The molecule has 0 aliphatic rings. The van der Waals surface area contributed by atoms with Crippen LogP contribution in [0.25, 0.3) is 0 Å². The van der Waals surface area contributed by atoms with Crippen LogP contribution >= 0.6 is 0 Å². The molecule has 0 saturated heterocycles. The van der Waals surface area contributed by atoms with Crippen molar-refractivity contribution in [3.8, 4) is 0 Å². The van der Waals surface area contributed by atoms with E-state index < -0.39 is 0 Å². The van der Waals surface area contributed by atoms with Gasteiger partial charge in [-0.15, -0.1) is 0 Å². The fourth-order valence-corrected chi connectivity index (χ4v) is 1.37. The fraction of sp³-hybridized carbons (Fsp3) is 0.900. The summed E-state index contributed by atoms with van der Waals surface area (Å²) in [6.45, 7) is 5.39. The highest BCUT2D eigenvalue weighted by Crippen LogP contribution is 2.02. The maximum Gasteiger partial charge on any atom is 0.207 e. The Morgan fingerprint density at radius 1 is 1.23 bits per heavy atom. The summed E-state index contributed by atoms with van der Waals surface area (Å²) in [6, 6.07) is 0. The predicted octanol–water partition coefficient (Wildman–Crippen LogP) is 0.999. The lowest BCUT2D eigenvalue weighted by atomic mass is 10.2. The Hall–Kier alpha value is -0.570. The van der Waals surface area contributed by atoms with Crippen LogP contribution < -0.4 is 5.32 Å². The molecule has 1 N–H and O–H groups in total. The Labute approximate surface area is 81.7 Å². The summed E-state index contributed by atoms with van der Waals surface area (Å²) in [6.07, 6.45) is 4.38. The summed E-state index contributed by atoms with van der Waals surface area (Å²) >= 11 is 0. The van der Waals surface area contributed by atoms with Crippen LogP contribution in [0.15, 0.2) is 0 Å². The second kappa shape index (κ2) is 6.89. The van der Waals surface area contributed by atoms with Gasteiger partial charge in [0.2, 0.25) is 6.41 Å². The highest BCUT2D eigenvalue weighted by Gasteiger charge is 2.12. The molecule has 0 fully saturated rings. The number of unbranched alkanes of at least 4 members (excludes halogenated alkanes) is 1. The van der Waals surface area contributed by atoms with Crippen molar-refractivity contribution >= 4 is 6.41 Å². The van der Waals surface area contributed by atoms with E-state index >= 15 is 0 Å². The number of amides is 1. The van der Waals surface area contributed by atoms with Crippen molar-refractivity contribution in [1.82, 2.24) is 5.32 Å². The van der Waals surface area contributed by atoms with E-state index in [0.717, 1.165) is 30.4 Å². The molecule has 0 bridgehead atoms. The SMILES string of the molecule is CCCC[N+](C)(C)CCCNC=O. The standard InChI is InChI=1S/C10H22N2O/c1-4-5-8-12(2,3)9-6-7-11-10-13/h10H,4-9H2,1-3H3/p+1. The number of carbonyl (C=O) groups excluding carboxylic acids is 1. The summed E-state index contributed by atoms with van der Waals surface area (Å²) in [7, 11) is 4.49. The summed E-state index contributed by atoms with van der Waals surface area (Å²) in [4.78, 5) is 9.99. The van der Waals surface area contributed by atoms with Crippen molar-refractivity contribution in [1.29, 1.82) is 0 Å². The maximum absolute atomic E-state index is 9.99. The van der Waals surface area contributed by atoms with E-state index in [9.17, 15) is 4.79 Å². The quantitative estimate of drug-likeness (QED) is 0.343. The molecular weight excluding hydrogens is 164 g/mol. The number of hydrogen-bond acceptors (Lipinski definition) is 1. The van der Waals surface area contributed by atoms with E-state index in [4.69, 9.17) is 0 Å². The molecule has 0 aromatic heterocycles. The zero-order valence-electron chi connectivity index (χ0n) is 9.18. The normalized spacial score (nSPS) is 11.3. The molecule has 0 aliphatic carbocycles. The highest BCUT2D eigenvalue weighted by atomic mass is 16.1. The summed E-state index contributed by atoms with van der Waals surface area (Å²) in [5, 5.41) is 2.69. The fourth-order valence-electron chi connectivity index (χ4n) is 1.37. The molecule has 3 heteroatoms. The third-order valence-electron chi connectivity index (χ3n) is 2.28. The Balaban J connectivity index is 3.44. The monoisotopic (exact) mass is 187 g/mol. The Morgan fingerprint density at radius 2 is 1.85 bits per heavy atom. The van der Waals surface area contributed by atoms with Gasteiger partial charge < -0.3 is 9.80 Å². The molecule has 78 valence electrons. The molecular formula is C10H23N2O+. The second-order valence-electron chi connectivity index (χ2n) is 4.16. The van der Waals surface area contributed by atoms with E-state index in [1.54, 1.807) is 0 Å². The van der Waals surface area contributed by atoms with Crippen molar-refractivity contribution in [2.24, 2.45) is 0 Å². The second-order valence-corrected chi connectivity index (χ2v) is 4.16. The average molecular weight is 187 g/mol. The lowest BCUT2D eigenvalue weighted by Crippen LogP contribution is -2.42. The van der Waals surface area contributed by atoms with Gasteiger partial charge in [0.15, 0.2) is 0 Å². The third kappa shape index (κ3) is 7.78. The molecule has 0 rings (SSSR count). The van der Waals surface area contributed by atoms with Crippen LogP contribution in [0.4, 0.5) is 0 Å². The van der Waals surface area contributed by atoms with Gasteiger partial charge in [-0.1, -0.05) is 13.3 Å². The molecule has 0 atom stereocenters. The topological polar surface area (TPSA) is 29.1 Å². The van der Waals surface area contributed by atoms with Crippen LogP contribution in [-0.2, 0) is 4.79 Å². The molecule has 0 aliphatic heterocycles. The van der Waals surface area contributed by atoms with Crippen LogP contribution in [0.5, 0.6) is 0 Å². The number of rotatable bonds is 8. The van der Waals surface area contributed by atoms with E-state index in [1.165, 1.54) is 19.4 Å². The lowest BCUT2D eigenvalue weighted by Gasteiger charge is -2.29. The predicted molar refractivity (Wildman–Crippen MR) is 55.4 cm³/mol. The minimum atomic E-state index is 0.770. The van der Waals surface area contributed by atoms with Gasteiger partial charge >= 0.3 is 0 Å². The van der Waals surface area contributed by atoms with Crippen molar-refractivity contribution < 1.29 is 9.28 Å². The average Bonchev–Trinajstić information content (AvgIpc) is 2.09. The first-order valence-corrected chi connectivity index (χ1v) is 5.11. The largest absolute Gasteiger partial charge is 0.358 e. The summed E-state index contributed by atoms with van der Waals surface area (Å²) in [5.41, 5.74) is 0. The molecule has 13 heavy (non-hydrogen) atoms. The van der Waals surface area contributed by atoms with Gasteiger partial charge in [-0.3, -0.25) is 4.79 Å². The van der Waals surface area contributed by atoms with Gasteiger partial charge in [-0.2, -0.15) is 0 Å². The van der Waals surface area contributed by atoms with Crippen molar-refractivity contribution in [2.75, 3.05) is 33.7 Å². The van der Waals surface area contributed by atoms with Gasteiger partial charge in [-0.05, 0) is 6.42 Å². The number of quaternary nitrogens is 1. The van der Waals surface area contributed by atoms with Crippen LogP contribution in [0, 0.1) is 0 Å². The highest BCUT2D eigenvalue weighted by molar-refractivity contribution is 5.45. The first kappa shape index (κ1) is 12.4. The van der Waals surface area contributed by atoms with Gasteiger partial charge in [0.1, 0.15) is 0 Å². The molecule has 0 spiro atoms. The number of nitrogens with zero attached hydrogens (tertiary/aromatic N) is 1. The van der Waals surface area contributed by atoms with E-state index in [0.29, 0.717) is 0 Å². The van der Waals surface area contributed by atoms with Crippen LogP contribution in [0.1, 0.15) is 26.2 Å². The van der Waals surface area contributed by atoms with Crippen molar-refractivity contribution in [2.45, 2.75) is 26.2 Å². The number of hydrogen-bond donors (Lipinski definition) is 1. The molecule has 3 nitrogen and oxygen atoms in total. The summed E-state index contributed by atoms with van der Waals surface area (Å²) < 4.78 is 1.06. The van der Waals surface area contributed by atoms with E-state index in [2.05, 4.69) is 26.3 Å². The van der Waals surface area contributed by atoms with E-state index in [-0.39, 0.29) is 0 Å². The van der Waals surface area contributed by atoms with Crippen LogP contribution in [-0.4, -0.2) is 44.6 Å². The zero-order chi connectivity index (χ0) is 10.2. The first-order valence-electron chi connectivity index (χ1n) is 5.11. The lowest BCUT2D eigenvalue weighted by molar-refractivity contribution is -0.890. The van der Waals surface area contributed by atoms with Gasteiger partial charge in [-0.25, -0.2) is 0 Å². The smallest absolute Gasteiger partial charge is 0.207 e. The first-order chi connectivity index (χ1) is 6.12. The molecule has 0 radical (unpaired) electrons. The minimum Gasteiger partial charge on any atom is -0.358 e. The van der Waals surface area contributed by atoms with Crippen molar-refractivity contribution in [3.05, 3.63) is 0 Å². The maximum atomic E-state index is 9.99.